The monoisotopic (exact) mass is 388 g/mol. The molecule has 0 saturated carbocycles. The Morgan fingerprint density at radius 1 is 1.00 bits per heavy atom. The van der Waals surface area contributed by atoms with Crippen LogP contribution in [-0.2, 0) is 31.6 Å². The van der Waals surface area contributed by atoms with Gasteiger partial charge in [-0.2, -0.15) is 16.8 Å². The molecule has 24 heavy (non-hydrogen) atoms. The van der Waals surface area contributed by atoms with Crippen LogP contribution in [0.25, 0.3) is 0 Å². The molecule has 11 heteroatoms. The maximum absolute atomic E-state index is 9.19. The van der Waals surface area contributed by atoms with Crippen LogP contribution >= 0.6 is 0 Å². The molecule has 0 spiro atoms. The molecule has 0 bridgehead atoms. The van der Waals surface area contributed by atoms with Crippen LogP contribution in [0.1, 0.15) is 12.0 Å². The molecule has 0 amide bonds. The minimum atomic E-state index is -3.67. The number of ether oxygens (including phenoxy) is 1. The molecule has 0 saturated heterocycles. The number of aliphatic hydroxyl groups is 2. The fourth-order valence-electron chi connectivity index (χ4n) is 1.07. The minimum absolute atomic E-state index is 0.200. The zero-order valence-corrected chi connectivity index (χ0v) is 15.1. The summed E-state index contributed by atoms with van der Waals surface area (Å²) in [6, 6.07) is 9.85. The Bertz CT molecular complexity index is 566. The number of rotatable bonds is 6. The molecule has 0 heterocycles. The van der Waals surface area contributed by atoms with Crippen LogP contribution in [0.15, 0.2) is 30.3 Å². The van der Waals surface area contributed by atoms with Gasteiger partial charge >= 0.3 is 0 Å². The summed E-state index contributed by atoms with van der Waals surface area (Å²) in [5.74, 6) is 0. The standard InChI is InChI=1S/C11H16O3.2CH4O3S/c12-8-11(13)6-7-14-9-10-4-2-1-3-5-10;2*1-5(2,3)4/h1-5,11-13H,6-9H2;2*1H3,(H,2,3,4)/t11-;;/m0../s1. The molecule has 4 N–H and O–H groups in total. The van der Waals surface area contributed by atoms with Crippen molar-refractivity contribution >= 4 is 20.2 Å². The predicted molar refractivity (Wildman–Crippen MR) is 88.8 cm³/mol. The first-order valence-corrected chi connectivity index (χ1v) is 10.3. The van der Waals surface area contributed by atoms with E-state index in [9.17, 15) is 16.8 Å². The van der Waals surface area contributed by atoms with E-state index in [2.05, 4.69) is 0 Å². The normalized spacial score (nSPS) is 12.2. The lowest BCUT2D eigenvalue weighted by Crippen LogP contribution is -2.14. The first kappa shape index (κ1) is 25.2. The summed E-state index contributed by atoms with van der Waals surface area (Å²) in [6.07, 6.45) is 1.24. The number of hydrogen-bond acceptors (Lipinski definition) is 7. The number of benzene rings is 1. The number of aliphatic hydroxyl groups excluding tert-OH is 2. The van der Waals surface area contributed by atoms with E-state index >= 15 is 0 Å². The van der Waals surface area contributed by atoms with Crippen LogP contribution in [0, 0.1) is 0 Å². The summed E-state index contributed by atoms with van der Waals surface area (Å²) in [7, 11) is -7.33. The van der Waals surface area contributed by atoms with Crippen LogP contribution in [0.3, 0.4) is 0 Å². The van der Waals surface area contributed by atoms with E-state index in [4.69, 9.17) is 24.1 Å². The van der Waals surface area contributed by atoms with Crippen molar-refractivity contribution in [3.05, 3.63) is 35.9 Å². The highest BCUT2D eigenvalue weighted by molar-refractivity contribution is 7.85. The van der Waals surface area contributed by atoms with Gasteiger partial charge in [0.15, 0.2) is 0 Å². The fourth-order valence-corrected chi connectivity index (χ4v) is 1.07. The summed E-state index contributed by atoms with van der Waals surface area (Å²) < 4.78 is 57.1. The van der Waals surface area contributed by atoms with E-state index < -0.39 is 26.3 Å². The molecule has 0 aliphatic rings. The fraction of sp³-hybridized carbons (Fsp3) is 0.538. The van der Waals surface area contributed by atoms with E-state index in [0.29, 0.717) is 32.1 Å². The van der Waals surface area contributed by atoms with Gasteiger partial charge in [0.05, 0.1) is 31.8 Å². The zero-order chi connectivity index (χ0) is 19.2. The second-order valence-electron chi connectivity index (χ2n) is 4.63. The van der Waals surface area contributed by atoms with E-state index in [1.165, 1.54) is 0 Å². The third-order valence-electron chi connectivity index (χ3n) is 1.92. The summed E-state index contributed by atoms with van der Waals surface area (Å²) in [4.78, 5) is 0. The lowest BCUT2D eigenvalue weighted by molar-refractivity contribution is 0.0436. The van der Waals surface area contributed by atoms with Crippen molar-refractivity contribution in [1.29, 1.82) is 0 Å². The highest BCUT2D eigenvalue weighted by atomic mass is 32.2. The lowest BCUT2D eigenvalue weighted by atomic mass is 10.2. The van der Waals surface area contributed by atoms with Crippen molar-refractivity contribution in [2.45, 2.75) is 19.1 Å². The topological polar surface area (TPSA) is 158 Å². The van der Waals surface area contributed by atoms with E-state index in [0.717, 1.165) is 5.56 Å². The third-order valence-corrected chi connectivity index (χ3v) is 1.92. The van der Waals surface area contributed by atoms with Crippen molar-refractivity contribution in [2.75, 3.05) is 25.7 Å². The minimum Gasteiger partial charge on any atom is -0.394 e. The van der Waals surface area contributed by atoms with Crippen LogP contribution in [0.4, 0.5) is 0 Å². The second-order valence-corrected chi connectivity index (χ2v) is 7.56. The summed E-state index contributed by atoms with van der Waals surface area (Å²) in [6.45, 7) is 0.824. The molecule has 1 rings (SSSR count). The van der Waals surface area contributed by atoms with Gasteiger partial charge in [0.1, 0.15) is 0 Å². The van der Waals surface area contributed by atoms with Crippen molar-refractivity contribution in [1.82, 2.24) is 0 Å². The van der Waals surface area contributed by atoms with E-state index in [1.807, 2.05) is 30.3 Å². The molecule has 0 aliphatic heterocycles. The maximum Gasteiger partial charge on any atom is 0.261 e. The molecular weight excluding hydrogens is 364 g/mol. The van der Waals surface area contributed by atoms with Gasteiger partial charge in [-0.1, -0.05) is 30.3 Å². The first-order chi connectivity index (χ1) is 10.8. The van der Waals surface area contributed by atoms with Crippen LogP contribution < -0.4 is 0 Å². The maximum atomic E-state index is 9.19. The summed E-state index contributed by atoms with van der Waals surface area (Å²) >= 11 is 0. The average Bonchev–Trinajstić information content (AvgIpc) is 2.41. The summed E-state index contributed by atoms with van der Waals surface area (Å²) in [5.41, 5.74) is 1.12. The Balaban J connectivity index is 0. The SMILES string of the molecule is CS(=O)(=O)O.CS(=O)(=O)O.OC[C@@H](O)CCOCc1ccccc1. The van der Waals surface area contributed by atoms with Gasteiger partial charge < -0.3 is 14.9 Å². The predicted octanol–water partition coefficient (Wildman–Crippen LogP) is -0.0455. The first-order valence-electron chi connectivity index (χ1n) is 6.58. The molecular formula is C13H24O9S2. The largest absolute Gasteiger partial charge is 0.394 e. The number of hydrogen-bond donors (Lipinski definition) is 4. The Labute approximate surface area is 142 Å². The Kier molecular flexibility index (Phi) is 13.9. The van der Waals surface area contributed by atoms with Crippen LogP contribution in [0.2, 0.25) is 0 Å². The molecule has 0 fully saturated rings. The quantitative estimate of drug-likeness (QED) is 0.387. The highest BCUT2D eigenvalue weighted by Gasteiger charge is 2.00. The van der Waals surface area contributed by atoms with Crippen molar-refractivity contribution in [2.24, 2.45) is 0 Å². The lowest BCUT2D eigenvalue weighted by Gasteiger charge is -2.07. The van der Waals surface area contributed by atoms with E-state index in [-0.39, 0.29) is 6.61 Å². The molecule has 1 aromatic carbocycles. The Hall–Kier alpha value is -1.08. The van der Waals surface area contributed by atoms with Crippen molar-refractivity contribution < 1.29 is 40.9 Å². The van der Waals surface area contributed by atoms with Crippen LogP contribution in [-0.4, -0.2) is 68.0 Å². The van der Waals surface area contributed by atoms with Gasteiger partial charge in [0.2, 0.25) is 0 Å². The van der Waals surface area contributed by atoms with Gasteiger partial charge in [-0.3, -0.25) is 9.11 Å². The smallest absolute Gasteiger partial charge is 0.261 e. The third kappa shape index (κ3) is 32.8. The zero-order valence-electron chi connectivity index (χ0n) is 13.4. The highest BCUT2D eigenvalue weighted by Crippen LogP contribution is 2.01. The van der Waals surface area contributed by atoms with Gasteiger partial charge in [-0.15, -0.1) is 0 Å². The molecule has 0 aliphatic carbocycles. The van der Waals surface area contributed by atoms with Gasteiger partial charge in [0, 0.05) is 6.61 Å². The average molecular weight is 388 g/mol. The molecule has 0 radical (unpaired) electrons. The summed E-state index contributed by atoms with van der Waals surface area (Å²) in [5, 5.41) is 17.6. The van der Waals surface area contributed by atoms with Crippen LogP contribution in [0.5, 0.6) is 0 Å². The Morgan fingerprint density at radius 3 is 1.79 bits per heavy atom. The molecule has 1 aromatic rings. The van der Waals surface area contributed by atoms with Gasteiger partial charge in [-0.05, 0) is 12.0 Å². The molecule has 0 unspecified atom stereocenters. The molecule has 1 atom stereocenters. The van der Waals surface area contributed by atoms with Gasteiger partial charge in [-0.25, -0.2) is 0 Å². The Morgan fingerprint density at radius 2 is 1.42 bits per heavy atom. The van der Waals surface area contributed by atoms with Crippen molar-refractivity contribution in [3.63, 3.8) is 0 Å². The molecule has 142 valence electrons. The second kappa shape index (κ2) is 13.2. The van der Waals surface area contributed by atoms with Gasteiger partial charge in [0.25, 0.3) is 20.2 Å². The van der Waals surface area contributed by atoms with Crippen molar-refractivity contribution in [3.8, 4) is 0 Å². The molecule has 9 nitrogen and oxygen atoms in total. The molecule has 0 aromatic heterocycles. The van der Waals surface area contributed by atoms with E-state index in [1.54, 1.807) is 0 Å².